The number of hydrogen-bond donors (Lipinski definition) is 2. The molecule has 6 nitrogen and oxygen atoms in total. The summed E-state index contributed by atoms with van der Waals surface area (Å²) < 4.78 is 2.14. The van der Waals surface area contributed by atoms with Gasteiger partial charge in [-0.25, -0.2) is 4.98 Å². The Hall–Kier alpha value is -2.85. The van der Waals surface area contributed by atoms with Crippen molar-refractivity contribution in [1.82, 2.24) is 14.5 Å². The minimum absolute atomic E-state index is 0.172. The van der Waals surface area contributed by atoms with Crippen LogP contribution in [0.1, 0.15) is 28.1 Å². The number of nitrogens with zero attached hydrogens (tertiary/aromatic N) is 4. The first kappa shape index (κ1) is 20.9. The molecule has 2 aromatic heterocycles. The van der Waals surface area contributed by atoms with Crippen molar-refractivity contribution >= 4 is 17.3 Å². The van der Waals surface area contributed by atoms with Crippen LogP contribution < -0.4 is 5.73 Å². The highest BCUT2D eigenvalue weighted by molar-refractivity contribution is 6.30. The zero-order chi connectivity index (χ0) is 21.1. The van der Waals surface area contributed by atoms with E-state index in [0.29, 0.717) is 35.1 Å². The summed E-state index contributed by atoms with van der Waals surface area (Å²) in [5.41, 5.74) is 12.5. The molecule has 3 aromatic rings. The van der Waals surface area contributed by atoms with Crippen LogP contribution in [0, 0.1) is 18.3 Å². The van der Waals surface area contributed by atoms with Crippen molar-refractivity contribution in [2.24, 2.45) is 0 Å². The van der Waals surface area contributed by atoms with Gasteiger partial charge in [-0.2, -0.15) is 5.26 Å². The maximum atomic E-state index is 9.98. The Morgan fingerprint density at radius 2 is 1.97 bits per heavy atom. The standard InChI is InChI=1S/C22H24ClN5O/c1-14-21(16-4-6-18(25)7-5-16)19(9-24)20(12-27(2)3)28(14)11-15-8-17(13-29)22(23)26-10-15/h4-8,10,29H,11-13,25H2,1-3H3. The summed E-state index contributed by atoms with van der Waals surface area (Å²) in [6.07, 6.45) is 1.70. The maximum absolute atomic E-state index is 9.98. The number of aromatic nitrogens is 2. The van der Waals surface area contributed by atoms with Crippen LogP contribution in [0.3, 0.4) is 0 Å². The summed E-state index contributed by atoms with van der Waals surface area (Å²) in [7, 11) is 3.95. The molecular formula is C22H24ClN5O. The normalized spacial score (nSPS) is 11.1. The number of anilines is 1. The SMILES string of the molecule is Cc1c(-c2ccc(N)cc2)c(C#N)c(CN(C)C)n1Cc1cnc(Cl)c(CO)c1. The third-order valence-electron chi connectivity index (χ3n) is 4.89. The van der Waals surface area contributed by atoms with Gasteiger partial charge in [0.15, 0.2) is 0 Å². The zero-order valence-electron chi connectivity index (χ0n) is 16.8. The number of benzene rings is 1. The zero-order valence-corrected chi connectivity index (χ0v) is 17.5. The van der Waals surface area contributed by atoms with Gasteiger partial charge >= 0.3 is 0 Å². The van der Waals surface area contributed by atoms with Crippen LogP contribution in [-0.4, -0.2) is 33.7 Å². The molecule has 150 valence electrons. The first-order valence-electron chi connectivity index (χ1n) is 9.22. The molecule has 0 amide bonds. The van der Waals surface area contributed by atoms with E-state index >= 15 is 0 Å². The lowest BCUT2D eigenvalue weighted by atomic mass is 10.0. The number of nitriles is 1. The molecule has 0 atom stereocenters. The predicted molar refractivity (Wildman–Crippen MR) is 115 cm³/mol. The Balaban J connectivity index is 2.17. The number of rotatable bonds is 6. The van der Waals surface area contributed by atoms with Gasteiger partial charge < -0.3 is 20.3 Å². The Bertz CT molecular complexity index is 1060. The average Bonchev–Trinajstić information content (AvgIpc) is 2.94. The number of hydrogen-bond acceptors (Lipinski definition) is 5. The summed E-state index contributed by atoms with van der Waals surface area (Å²) >= 11 is 6.04. The maximum Gasteiger partial charge on any atom is 0.134 e. The van der Waals surface area contributed by atoms with E-state index in [1.165, 1.54) is 0 Å². The summed E-state index contributed by atoms with van der Waals surface area (Å²) in [6, 6.07) is 11.8. The summed E-state index contributed by atoms with van der Waals surface area (Å²) in [5.74, 6) is 0. The van der Waals surface area contributed by atoms with Gasteiger partial charge in [0, 0.05) is 41.8 Å². The molecule has 0 spiro atoms. The summed E-state index contributed by atoms with van der Waals surface area (Å²) in [4.78, 5) is 6.23. The van der Waals surface area contributed by atoms with Crippen LogP contribution in [-0.2, 0) is 19.7 Å². The van der Waals surface area contributed by atoms with E-state index in [1.54, 1.807) is 6.20 Å². The van der Waals surface area contributed by atoms with Gasteiger partial charge in [0.05, 0.1) is 17.9 Å². The fourth-order valence-corrected chi connectivity index (χ4v) is 3.69. The van der Waals surface area contributed by atoms with Gasteiger partial charge in [0.1, 0.15) is 11.2 Å². The number of nitrogens with two attached hydrogens (primary N) is 1. The lowest BCUT2D eigenvalue weighted by molar-refractivity contribution is 0.281. The molecule has 0 fully saturated rings. The molecule has 2 heterocycles. The molecule has 0 unspecified atom stereocenters. The number of aliphatic hydroxyl groups is 1. The van der Waals surface area contributed by atoms with Crippen LogP contribution in [0.25, 0.3) is 11.1 Å². The van der Waals surface area contributed by atoms with Crippen molar-refractivity contribution in [3.8, 4) is 17.2 Å². The molecule has 3 rings (SSSR count). The van der Waals surface area contributed by atoms with E-state index < -0.39 is 0 Å². The van der Waals surface area contributed by atoms with Crippen molar-refractivity contribution in [2.45, 2.75) is 26.6 Å². The van der Waals surface area contributed by atoms with E-state index in [-0.39, 0.29) is 6.61 Å². The second kappa shape index (κ2) is 8.66. The number of pyridine rings is 1. The topological polar surface area (TPSA) is 91.1 Å². The lowest BCUT2D eigenvalue weighted by Gasteiger charge is -2.16. The quantitative estimate of drug-likeness (QED) is 0.479. The largest absolute Gasteiger partial charge is 0.399 e. The highest BCUT2D eigenvalue weighted by Gasteiger charge is 2.22. The molecule has 0 aliphatic carbocycles. The van der Waals surface area contributed by atoms with Crippen LogP contribution in [0.5, 0.6) is 0 Å². The predicted octanol–water partition coefficient (Wildman–Crippen LogP) is 3.57. The Morgan fingerprint density at radius 3 is 2.55 bits per heavy atom. The Labute approximate surface area is 175 Å². The second-order valence-corrected chi connectivity index (χ2v) is 7.65. The van der Waals surface area contributed by atoms with Crippen LogP contribution in [0.15, 0.2) is 36.5 Å². The highest BCUT2D eigenvalue weighted by Crippen LogP contribution is 2.34. The van der Waals surface area contributed by atoms with E-state index in [2.05, 4.69) is 15.6 Å². The Kier molecular flexibility index (Phi) is 6.23. The van der Waals surface area contributed by atoms with E-state index in [1.807, 2.05) is 56.3 Å². The number of aliphatic hydroxyl groups excluding tert-OH is 1. The molecule has 29 heavy (non-hydrogen) atoms. The first-order valence-corrected chi connectivity index (χ1v) is 9.60. The Morgan fingerprint density at radius 1 is 1.28 bits per heavy atom. The van der Waals surface area contributed by atoms with Crippen LogP contribution >= 0.6 is 11.6 Å². The summed E-state index contributed by atoms with van der Waals surface area (Å²) in [5, 5.41) is 19.8. The van der Waals surface area contributed by atoms with Gasteiger partial charge in [-0.05, 0) is 50.3 Å². The smallest absolute Gasteiger partial charge is 0.134 e. The summed E-state index contributed by atoms with van der Waals surface area (Å²) in [6.45, 7) is 2.99. The minimum Gasteiger partial charge on any atom is -0.399 e. The van der Waals surface area contributed by atoms with Gasteiger partial charge in [-0.3, -0.25) is 0 Å². The van der Waals surface area contributed by atoms with E-state index in [9.17, 15) is 10.4 Å². The van der Waals surface area contributed by atoms with Crippen molar-refractivity contribution in [3.63, 3.8) is 0 Å². The monoisotopic (exact) mass is 409 g/mol. The highest BCUT2D eigenvalue weighted by atomic mass is 35.5. The molecular weight excluding hydrogens is 386 g/mol. The molecule has 0 saturated heterocycles. The van der Waals surface area contributed by atoms with Gasteiger partial charge in [-0.15, -0.1) is 0 Å². The minimum atomic E-state index is -0.172. The van der Waals surface area contributed by atoms with Crippen molar-refractivity contribution in [3.05, 3.63) is 69.8 Å². The van der Waals surface area contributed by atoms with Gasteiger partial charge in [-0.1, -0.05) is 23.7 Å². The fraction of sp³-hybridized carbons (Fsp3) is 0.273. The lowest BCUT2D eigenvalue weighted by Crippen LogP contribution is -2.17. The van der Waals surface area contributed by atoms with Crippen molar-refractivity contribution in [2.75, 3.05) is 19.8 Å². The first-order chi connectivity index (χ1) is 13.8. The fourth-order valence-electron chi connectivity index (χ4n) is 3.52. The molecule has 0 aliphatic heterocycles. The molecule has 7 heteroatoms. The van der Waals surface area contributed by atoms with Crippen LogP contribution in [0.2, 0.25) is 5.15 Å². The molecule has 0 radical (unpaired) electrons. The second-order valence-electron chi connectivity index (χ2n) is 7.29. The van der Waals surface area contributed by atoms with Crippen molar-refractivity contribution in [1.29, 1.82) is 5.26 Å². The van der Waals surface area contributed by atoms with Crippen LogP contribution in [0.4, 0.5) is 5.69 Å². The average molecular weight is 410 g/mol. The van der Waals surface area contributed by atoms with Gasteiger partial charge in [0.2, 0.25) is 0 Å². The molecule has 0 aliphatic rings. The molecule has 3 N–H and O–H groups in total. The number of halogens is 1. The third kappa shape index (κ3) is 4.28. The third-order valence-corrected chi connectivity index (χ3v) is 5.23. The van der Waals surface area contributed by atoms with Crippen molar-refractivity contribution < 1.29 is 5.11 Å². The number of nitrogen functional groups attached to an aromatic ring is 1. The van der Waals surface area contributed by atoms with E-state index in [0.717, 1.165) is 28.1 Å². The molecule has 0 bridgehead atoms. The molecule has 0 saturated carbocycles. The molecule has 1 aromatic carbocycles. The van der Waals surface area contributed by atoms with Gasteiger partial charge in [0.25, 0.3) is 0 Å². The van der Waals surface area contributed by atoms with E-state index in [4.69, 9.17) is 17.3 Å².